The predicted octanol–water partition coefficient (Wildman–Crippen LogP) is 2.64. The first-order valence-corrected chi connectivity index (χ1v) is 9.67. The second-order valence-corrected chi connectivity index (χ2v) is 7.45. The highest BCUT2D eigenvalue weighted by atomic mass is 32.2. The molecule has 7 nitrogen and oxygen atoms in total. The summed E-state index contributed by atoms with van der Waals surface area (Å²) in [4.78, 5) is 12.2. The summed E-state index contributed by atoms with van der Waals surface area (Å²) < 4.78 is 30.2. The molecule has 0 saturated heterocycles. The Hall–Kier alpha value is -3.13. The molecule has 8 heteroatoms. The molecule has 0 atom stereocenters. The van der Waals surface area contributed by atoms with Crippen LogP contribution in [0.3, 0.4) is 0 Å². The molecular formula is C18H17N3O4S. The van der Waals surface area contributed by atoms with E-state index >= 15 is 0 Å². The minimum absolute atomic E-state index is 0.175. The SMILES string of the molecule is CS(=O)(=O)Nc1cccc(CNC(=O)c2cc(-c3ccccc3)on2)c1. The van der Waals surface area contributed by atoms with Gasteiger partial charge in [-0.15, -0.1) is 0 Å². The predicted molar refractivity (Wildman–Crippen MR) is 98.0 cm³/mol. The van der Waals surface area contributed by atoms with Crippen LogP contribution in [0.25, 0.3) is 11.3 Å². The fourth-order valence-electron chi connectivity index (χ4n) is 2.35. The quantitative estimate of drug-likeness (QED) is 0.694. The molecule has 3 rings (SSSR count). The van der Waals surface area contributed by atoms with Gasteiger partial charge in [0.15, 0.2) is 11.5 Å². The number of nitrogens with zero attached hydrogens (tertiary/aromatic N) is 1. The summed E-state index contributed by atoms with van der Waals surface area (Å²) in [7, 11) is -3.35. The van der Waals surface area contributed by atoms with Crippen molar-refractivity contribution in [1.82, 2.24) is 10.5 Å². The Morgan fingerprint density at radius 1 is 1.08 bits per heavy atom. The number of amides is 1. The molecule has 0 fully saturated rings. The van der Waals surface area contributed by atoms with Gasteiger partial charge in [0.25, 0.3) is 5.91 Å². The van der Waals surface area contributed by atoms with Crippen LogP contribution < -0.4 is 10.0 Å². The molecule has 0 aliphatic carbocycles. The number of hydrogen-bond acceptors (Lipinski definition) is 5. The number of anilines is 1. The fraction of sp³-hybridized carbons (Fsp3) is 0.111. The van der Waals surface area contributed by atoms with E-state index < -0.39 is 10.0 Å². The highest BCUT2D eigenvalue weighted by Gasteiger charge is 2.13. The first-order valence-electron chi connectivity index (χ1n) is 7.78. The molecule has 0 bridgehead atoms. The fourth-order valence-corrected chi connectivity index (χ4v) is 2.91. The van der Waals surface area contributed by atoms with Crippen LogP contribution >= 0.6 is 0 Å². The van der Waals surface area contributed by atoms with Crippen molar-refractivity contribution in [2.75, 3.05) is 11.0 Å². The topological polar surface area (TPSA) is 101 Å². The van der Waals surface area contributed by atoms with Gasteiger partial charge in [0.1, 0.15) is 0 Å². The molecule has 0 aliphatic rings. The summed E-state index contributed by atoms with van der Waals surface area (Å²) in [6.45, 7) is 0.228. The number of sulfonamides is 1. The lowest BCUT2D eigenvalue weighted by Gasteiger charge is -2.07. The smallest absolute Gasteiger partial charge is 0.273 e. The van der Waals surface area contributed by atoms with Gasteiger partial charge >= 0.3 is 0 Å². The first kappa shape index (κ1) is 17.7. The third-order valence-electron chi connectivity index (χ3n) is 3.48. The van der Waals surface area contributed by atoms with E-state index in [0.29, 0.717) is 11.4 Å². The van der Waals surface area contributed by atoms with Gasteiger partial charge in [0.05, 0.1) is 6.26 Å². The maximum absolute atomic E-state index is 12.2. The zero-order valence-corrected chi connectivity index (χ0v) is 14.8. The van der Waals surface area contributed by atoms with Gasteiger partial charge < -0.3 is 9.84 Å². The van der Waals surface area contributed by atoms with Gasteiger partial charge in [-0.05, 0) is 17.7 Å². The van der Waals surface area contributed by atoms with E-state index in [0.717, 1.165) is 17.4 Å². The molecule has 134 valence electrons. The van der Waals surface area contributed by atoms with Gasteiger partial charge in [0, 0.05) is 23.9 Å². The summed E-state index contributed by atoms with van der Waals surface area (Å²) in [6.07, 6.45) is 1.08. The second kappa shape index (κ2) is 7.40. The molecular weight excluding hydrogens is 354 g/mol. The zero-order valence-electron chi connectivity index (χ0n) is 14.0. The number of rotatable bonds is 6. The van der Waals surface area contributed by atoms with E-state index in [1.165, 1.54) is 0 Å². The van der Waals surface area contributed by atoms with Crippen LogP contribution in [0.1, 0.15) is 16.1 Å². The van der Waals surface area contributed by atoms with E-state index in [2.05, 4.69) is 15.2 Å². The Bertz CT molecular complexity index is 1010. The number of carbonyl (C=O) groups excluding carboxylic acids is 1. The van der Waals surface area contributed by atoms with Gasteiger partial charge in [-0.1, -0.05) is 47.6 Å². The Morgan fingerprint density at radius 2 is 1.85 bits per heavy atom. The highest BCUT2D eigenvalue weighted by molar-refractivity contribution is 7.92. The summed E-state index contributed by atoms with van der Waals surface area (Å²) in [5.41, 5.74) is 2.19. The van der Waals surface area contributed by atoms with Gasteiger partial charge in [-0.25, -0.2) is 8.42 Å². The van der Waals surface area contributed by atoms with Gasteiger partial charge in [-0.3, -0.25) is 9.52 Å². The van der Waals surface area contributed by atoms with Crippen LogP contribution in [-0.4, -0.2) is 25.7 Å². The lowest BCUT2D eigenvalue weighted by atomic mass is 10.1. The largest absolute Gasteiger partial charge is 0.355 e. The van der Waals surface area contributed by atoms with Gasteiger partial charge in [-0.2, -0.15) is 0 Å². The molecule has 0 unspecified atom stereocenters. The van der Waals surface area contributed by atoms with Crippen molar-refractivity contribution in [1.29, 1.82) is 0 Å². The summed E-state index contributed by atoms with van der Waals surface area (Å²) >= 11 is 0. The van der Waals surface area contributed by atoms with Crippen LogP contribution in [0, 0.1) is 0 Å². The lowest BCUT2D eigenvalue weighted by molar-refractivity contribution is 0.0942. The summed E-state index contributed by atoms with van der Waals surface area (Å²) in [5.74, 6) is 0.132. The average molecular weight is 371 g/mol. The van der Waals surface area contributed by atoms with Crippen molar-refractivity contribution >= 4 is 21.6 Å². The molecule has 26 heavy (non-hydrogen) atoms. The Kier molecular flexibility index (Phi) is 5.04. The third kappa shape index (κ3) is 4.70. The number of hydrogen-bond donors (Lipinski definition) is 2. The molecule has 2 N–H and O–H groups in total. The van der Waals surface area contributed by atoms with Crippen molar-refractivity contribution < 1.29 is 17.7 Å². The highest BCUT2D eigenvalue weighted by Crippen LogP contribution is 2.19. The lowest BCUT2D eigenvalue weighted by Crippen LogP contribution is -2.23. The average Bonchev–Trinajstić information content (AvgIpc) is 3.09. The molecule has 0 saturated carbocycles. The maximum atomic E-state index is 12.2. The molecule has 3 aromatic rings. The Balaban J connectivity index is 1.64. The number of benzene rings is 2. The van der Waals surface area contributed by atoms with Crippen molar-refractivity contribution in [2.45, 2.75) is 6.54 Å². The van der Waals surface area contributed by atoms with E-state index in [-0.39, 0.29) is 18.1 Å². The molecule has 1 heterocycles. The Morgan fingerprint density at radius 3 is 2.58 bits per heavy atom. The van der Waals surface area contributed by atoms with Crippen molar-refractivity contribution in [2.24, 2.45) is 0 Å². The number of aromatic nitrogens is 1. The third-order valence-corrected chi connectivity index (χ3v) is 4.09. The maximum Gasteiger partial charge on any atom is 0.273 e. The number of carbonyl (C=O) groups is 1. The molecule has 0 aliphatic heterocycles. The second-order valence-electron chi connectivity index (χ2n) is 5.70. The zero-order chi connectivity index (χ0) is 18.6. The van der Waals surface area contributed by atoms with Crippen LogP contribution in [0.2, 0.25) is 0 Å². The molecule has 0 spiro atoms. The standard InChI is InChI=1S/C18H17N3O4S/c1-26(23,24)21-15-9-5-6-13(10-15)12-19-18(22)16-11-17(25-20-16)14-7-3-2-4-8-14/h2-11,21H,12H2,1H3,(H,19,22). The first-order chi connectivity index (χ1) is 12.4. The van der Waals surface area contributed by atoms with Crippen LogP contribution in [0.5, 0.6) is 0 Å². The van der Waals surface area contributed by atoms with Crippen LogP contribution in [0.15, 0.2) is 65.2 Å². The minimum Gasteiger partial charge on any atom is -0.355 e. The Labute approximate surface area is 151 Å². The van der Waals surface area contributed by atoms with E-state index in [1.807, 2.05) is 30.3 Å². The van der Waals surface area contributed by atoms with E-state index in [4.69, 9.17) is 4.52 Å². The normalized spacial score (nSPS) is 11.1. The minimum atomic E-state index is -3.35. The van der Waals surface area contributed by atoms with E-state index in [9.17, 15) is 13.2 Å². The number of nitrogens with one attached hydrogen (secondary N) is 2. The molecule has 1 amide bonds. The monoisotopic (exact) mass is 371 g/mol. The van der Waals surface area contributed by atoms with Crippen molar-refractivity contribution in [3.63, 3.8) is 0 Å². The van der Waals surface area contributed by atoms with Gasteiger partial charge in [0.2, 0.25) is 10.0 Å². The summed E-state index contributed by atoms with van der Waals surface area (Å²) in [6, 6.07) is 17.7. The van der Waals surface area contributed by atoms with E-state index in [1.54, 1.807) is 30.3 Å². The molecule has 2 aromatic carbocycles. The van der Waals surface area contributed by atoms with Crippen molar-refractivity contribution in [3.05, 3.63) is 71.9 Å². The summed E-state index contributed by atoms with van der Waals surface area (Å²) in [5, 5.41) is 6.52. The van der Waals surface area contributed by atoms with Crippen LogP contribution in [0.4, 0.5) is 5.69 Å². The molecule has 1 aromatic heterocycles. The molecule has 0 radical (unpaired) electrons. The van der Waals surface area contributed by atoms with Crippen LogP contribution in [-0.2, 0) is 16.6 Å². The van der Waals surface area contributed by atoms with Crippen molar-refractivity contribution in [3.8, 4) is 11.3 Å².